The van der Waals surface area contributed by atoms with Crippen molar-refractivity contribution in [2.75, 3.05) is 10.3 Å². The number of halogens is 3. The smallest absolute Gasteiger partial charge is 0.306 e. The van der Waals surface area contributed by atoms with Gasteiger partial charge in [-0.15, -0.1) is 18.2 Å². The zero-order chi connectivity index (χ0) is 14.8. The minimum atomic E-state index is -5.04. The summed E-state index contributed by atoms with van der Waals surface area (Å²) in [6, 6.07) is 6.09. The molecule has 0 fully saturated rings. The molecule has 0 atom stereocenters. The third-order valence-electron chi connectivity index (χ3n) is 2.17. The quantitative estimate of drug-likeness (QED) is 0.816. The monoisotopic (exact) mass is 287 g/mol. The molecule has 1 aromatic heterocycles. The Hall–Kier alpha value is -2.78. The number of urea groups is 1. The highest BCUT2D eigenvalue weighted by Crippen LogP contribution is 2.20. The van der Waals surface area contributed by atoms with E-state index in [1.807, 2.05) is 0 Å². The Balaban J connectivity index is 2.28. The van der Waals surface area contributed by atoms with Gasteiger partial charge in [-0.05, 0) is 12.1 Å². The SMILES string of the molecule is O=C(Nc1ccccc1)N(n1cnc(=O)[nH]1)C(F)(F)F. The Kier molecular flexibility index (Phi) is 3.46. The number of H-pyrrole nitrogens is 1. The van der Waals surface area contributed by atoms with Crippen LogP contribution in [0.4, 0.5) is 23.7 Å². The van der Waals surface area contributed by atoms with E-state index in [-0.39, 0.29) is 10.5 Å². The van der Waals surface area contributed by atoms with Crippen molar-refractivity contribution in [3.8, 4) is 0 Å². The van der Waals surface area contributed by atoms with Crippen molar-refractivity contribution in [3.05, 3.63) is 47.1 Å². The highest BCUT2D eigenvalue weighted by atomic mass is 19.4. The number of benzene rings is 1. The van der Waals surface area contributed by atoms with Crippen LogP contribution in [0.5, 0.6) is 0 Å². The molecule has 0 saturated carbocycles. The number of carbonyl (C=O) groups is 1. The normalized spacial score (nSPS) is 11.2. The van der Waals surface area contributed by atoms with E-state index < -0.39 is 23.0 Å². The predicted octanol–water partition coefficient (Wildman–Crippen LogP) is 1.26. The number of hydrogen-bond donors (Lipinski definition) is 2. The summed E-state index contributed by atoms with van der Waals surface area (Å²) in [6.45, 7) is 0. The lowest BCUT2D eigenvalue weighted by atomic mass is 10.3. The second kappa shape index (κ2) is 5.07. The Morgan fingerprint density at radius 1 is 1.30 bits per heavy atom. The lowest BCUT2D eigenvalue weighted by Gasteiger charge is -2.24. The summed E-state index contributed by atoms with van der Waals surface area (Å²) in [4.78, 5) is 25.7. The van der Waals surface area contributed by atoms with Crippen LogP contribution in [-0.4, -0.2) is 27.2 Å². The zero-order valence-corrected chi connectivity index (χ0v) is 9.76. The minimum absolute atomic E-state index is 0.153. The summed E-state index contributed by atoms with van der Waals surface area (Å²) in [5.74, 6) is 0. The maximum atomic E-state index is 12.9. The highest BCUT2D eigenvalue weighted by Gasteiger charge is 2.43. The van der Waals surface area contributed by atoms with E-state index in [4.69, 9.17) is 0 Å². The van der Waals surface area contributed by atoms with E-state index in [1.165, 1.54) is 12.1 Å². The number of amides is 2. The molecule has 0 saturated heterocycles. The van der Waals surface area contributed by atoms with Gasteiger partial charge in [-0.3, -0.25) is 0 Å². The van der Waals surface area contributed by atoms with Crippen molar-refractivity contribution >= 4 is 11.7 Å². The van der Waals surface area contributed by atoms with Crippen LogP contribution in [0.1, 0.15) is 0 Å². The number of carbonyl (C=O) groups excluding carboxylic acids is 1. The Labute approximate surface area is 109 Å². The van der Waals surface area contributed by atoms with Crippen molar-refractivity contribution in [1.29, 1.82) is 0 Å². The van der Waals surface area contributed by atoms with Crippen molar-refractivity contribution in [2.24, 2.45) is 0 Å². The van der Waals surface area contributed by atoms with Gasteiger partial charge in [-0.2, -0.15) is 9.77 Å². The van der Waals surface area contributed by atoms with Crippen LogP contribution >= 0.6 is 0 Å². The molecule has 0 aliphatic rings. The number of alkyl halides is 3. The minimum Gasteiger partial charge on any atom is -0.306 e. The number of aromatic amines is 1. The van der Waals surface area contributed by atoms with Crippen LogP contribution in [0.2, 0.25) is 0 Å². The molecule has 2 aromatic rings. The first-order chi connectivity index (χ1) is 9.38. The van der Waals surface area contributed by atoms with Crippen LogP contribution in [-0.2, 0) is 0 Å². The number of anilines is 1. The largest absolute Gasteiger partial charge is 0.508 e. The van der Waals surface area contributed by atoms with Crippen molar-refractivity contribution < 1.29 is 18.0 Å². The zero-order valence-electron chi connectivity index (χ0n) is 9.76. The molecule has 0 aliphatic heterocycles. The average Bonchev–Trinajstić information content (AvgIpc) is 2.75. The van der Waals surface area contributed by atoms with Gasteiger partial charge in [0.15, 0.2) is 0 Å². The van der Waals surface area contributed by atoms with Gasteiger partial charge in [-0.25, -0.2) is 14.7 Å². The standard InChI is InChI=1S/C10H8F3N5O2/c11-10(12,13)18(17-6-14-8(19)16-17)9(20)15-7-4-2-1-3-5-7/h1-6H,(H,15,20)(H,16,19). The summed E-state index contributed by atoms with van der Waals surface area (Å²) in [5.41, 5.74) is -0.832. The third-order valence-corrected chi connectivity index (χ3v) is 2.17. The molecule has 0 aliphatic carbocycles. The van der Waals surface area contributed by atoms with Gasteiger partial charge >= 0.3 is 18.0 Å². The summed E-state index contributed by atoms with van der Waals surface area (Å²) >= 11 is 0. The van der Waals surface area contributed by atoms with Gasteiger partial charge < -0.3 is 5.32 Å². The molecule has 0 spiro atoms. The van der Waals surface area contributed by atoms with E-state index in [0.29, 0.717) is 6.33 Å². The van der Waals surface area contributed by atoms with Gasteiger partial charge in [0, 0.05) is 5.69 Å². The second-order valence-corrected chi connectivity index (χ2v) is 3.58. The first-order valence-electron chi connectivity index (χ1n) is 5.25. The van der Waals surface area contributed by atoms with Crippen LogP contribution < -0.4 is 16.0 Å². The molecule has 0 radical (unpaired) electrons. The number of aromatic nitrogens is 3. The van der Waals surface area contributed by atoms with Crippen LogP contribution in [0, 0.1) is 0 Å². The Morgan fingerprint density at radius 3 is 2.45 bits per heavy atom. The maximum absolute atomic E-state index is 12.9. The molecule has 2 rings (SSSR count). The summed E-state index contributed by atoms with van der Waals surface area (Å²) in [5, 5.41) is 3.18. The molecular weight excluding hydrogens is 279 g/mol. The van der Waals surface area contributed by atoms with E-state index in [1.54, 1.807) is 23.3 Å². The summed E-state index contributed by atoms with van der Waals surface area (Å²) in [7, 11) is 0. The molecule has 106 valence electrons. The Morgan fingerprint density at radius 2 is 1.95 bits per heavy atom. The molecule has 1 aromatic carbocycles. The number of rotatable bonds is 2. The number of hydrogen-bond acceptors (Lipinski definition) is 3. The van der Waals surface area contributed by atoms with E-state index in [0.717, 1.165) is 0 Å². The van der Waals surface area contributed by atoms with Gasteiger partial charge in [0.1, 0.15) is 6.33 Å². The maximum Gasteiger partial charge on any atom is 0.508 e. The van der Waals surface area contributed by atoms with Crippen LogP contribution in [0.25, 0.3) is 0 Å². The number of nitrogens with zero attached hydrogens (tertiary/aromatic N) is 3. The van der Waals surface area contributed by atoms with Crippen LogP contribution in [0.15, 0.2) is 41.5 Å². The predicted molar refractivity (Wildman–Crippen MR) is 62.6 cm³/mol. The fraction of sp³-hybridized carbons (Fsp3) is 0.100. The molecule has 2 amide bonds. The molecule has 1 heterocycles. The molecule has 0 unspecified atom stereocenters. The van der Waals surface area contributed by atoms with Gasteiger partial charge in [0.25, 0.3) is 0 Å². The van der Waals surface area contributed by atoms with E-state index in [2.05, 4.69) is 10.3 Å². The highest BCUT2D eigenvalue weighted by molar-refractivity contribution is 5.96. The second-order valence-electron chi connectivity index (χ2n) is 3.58. The first kappa shape index (κ1) is 13.6. The summed E-state index contributed by atoms with van der Waals surface area (Å²) < 4.78 is 38.6. The van der Waals surface area contributed by atoms with Crippen LogP contribution in [0.3, 0.4) is 0 Å². The molecular formula is C10H8F3N5O2. The molecule has 20 heavy (non-hydrogen) atoms. The topological polar surface area (TPSA) is 83.0 Å². The van der Waals surface area contributed by atoms with Crippen molar-refractivity contribution in [1.82, 2.24) is 14.9 Å². The van der Waals surface area contributed by atoms with Gasteiger partial charge in [-0.1, -0.05) is 18.2 Å². The number of nitrogens with one attached hydrogen (secondary N) is 2. The lowest BCUT2D eigenvalue weighted by Crippen LogP contribution is -2.53. The Bertz CT molecular complexity index is 649. The third kappa shape index (κ3) is 2.96. The van der Waals surface area contributed by atoms with E-state index >= 15 is 0 Å². The van der Waals surface area contributed by atoms with Gasteiger partial charge in [0.2, 0.25) is 0 Å². The number of para-hydroxylation sites is 1. The fourth-order valence-corrected chi connectivity index (χ4v) is 1.40. The van der Waals surface area contributed by atoms with E-state index in [9.17, 15) is 22.8 Å². The summed E-state index contributed by atoms with van der Waals surface area (Å²) in [6.07, 6.45) is -4.48. The molecule has 2 N–H and O–H groups in total. The van der Waals surface area contributed by atoms with Crippen molar-refractivity contribution in [3.63, 3.8) is 0 Å². The lowest BCUT2D eigenvalue weighted by molar-refractivity contribution is -0.137. The van der Waals surface area contributed by atoms with Crippen molar-refractivity contribution in [2.45, 2.75) is 6.30 Å². The average molecular weight is 287 g/mol. The van der Waals surface area contributed by atoms with Gasteiger partial charge in [0.05, 0.1) is 0 Å². The fourth-order valence-electron chi connectivity index (χ4n) is 1.40. The first-order valence-corrected chi connectivity index (χ1v) is 5.25. The molecule has 0 bridgehead atoms. The molecule has 10 heteroatoms. The molecule has 7 nitrogen and oxygen atoms in total.